The maximum Gasteiger partial charge on any atom is 0.309 e. The smallest absolute Gasteiger partial charge is 0.309 e. The molecule has 0 aromatic heterocycles. The van der Waals surface area contributed by atoms with Crippen LogP contribution in [0.15, 0.2) is 83.7 Å². The van der Waals surface area contributed by atoms with Gasteiger partial charge in [-0.3, -0.25) is 4.79 Å². The van der Waals surface area contributed by atoms with E-state index in [1.807, 2.05) is 18.2 Å². The maximum atomic E-state index is 11.6. The fourth-order valence-corrected chi connectivity index (χ4v) is 6.14. The summed E-state index contributed by atoms with van der Waals surface area (Å²) in [7, 11) is 1.66. The van der Waals surface area contributed by atoms with Crippen LogP contribution in [0.2, 0.25) is 0 Å². The zero-order valence-electron chi connectivity index (χ0n) is 22.1. The highest BCUT2D eigenvalue weighted by Crippen LogP contribution is 2.45. The van der Waals surface area contributed by atoms with Crippen LogP contribution >= 0.6 is 0 Å². The Morgan fingerprint density at radius 1 is 1.11 bits per heavy atom. The van der Waals surface area contributed by atoms with Crippen LogP contribution in [0, 0.1) is 0 Å². The summed E-state index contributed by atoms with van der Waals surface area (Å²) in [6, 6.07) is 18.7. The SMILES string of the molecule is COc1ccc2c(c1)OC1=C(/C=C/C3=[N+](CCC(=O)O)c4ccc5ccccc5c4C3(C)C)CCCC1=C2. The van der Waals surface area contributed by atoms with Crippen LogP contribution in [0.4, 0.5) is 5.69 Å². The summed E-state index contributed by atoms with van der Waals surface area (Å²) in [5.41, 5.74) is 6.61. The van der Waals surface area contributed by atoms with Crippen LogP contribution in [0.1, 0.15) is 50.7 Å². The molecule has 5 heteroatoms. The normalized spacial score (nSPS) is 17.7. The van der Waals surface area contributed by atoms with E-state index in [1.54, 1.807) is 7.11 Å². The molecule has 0 radical (unpaired) electrons. The number of nitrogens with zero attached hydrogens (tertiary/aromatic N) is 1. The van der Waals surface area contributed by atoms with Crippen molar-refractivity contribution < 1.29 is 24.0 Å². The number of hydrogen-bond donors (Lipinski definition) is 1. The molecular formula is C33H32NO4+. The van der Waals surface area contributed by atoms with Crippen LogP contribution in [-0.2, 0) is 10.2 Å². The van der Waals surface area contributed by atoms with Gasteiger partial charge in [-0.25, -0.2) is 0 Å². The minimum atomic E-state index is -0.794. The van der Waals surface area contributed by atoms with E-state index in [-0.39, 0.29) is 11.8 Å². The van der Waals surface area contributed by atoms with Crippen LogP contribution in [0.3, 0.4) is 0 Å². The highest BCUT2D eigenvalue weighted by Gasteiger charge is 2.45. The molecule has 0 amide bonds. The van der Waals surface area contributed by atoms with Crippen molar-refractivity contribution in [3.8, 4) is 11.5 Å². The Morgan fingerprint density at radius 3 is 2.76 bits per heavy atom. The van der Waals surface area contributed by atoms with Gasteiger partial charge >= 0.3 is 5.97 Å². The molecule has 0 fully saturated rings. The lowest BCUT2D eigenvalue weighted by molar-refractivity contribution is -0.436. The Balaban J connectivity index is 1.44. The molecule has 1 aliphatic carbocycles. The summed E-state index contributed by atoms with van der Waals surface area (Å²) in [4.78, 5) is 11.6. The molecule has 0 unspecified atom stereocenters. The molecule has 0 bridgehead atoms. The predicted molar refractivity (Wildman–Crippen MR) is 151 cm³/mol. The first kappa shape index (κ1) is 24.2. The molecule has 0 spiro atoms. The molecule has 192 valence electrons. The third-order valence-corrected chi connectivity index (χ3v) is 7.98. The highest BCUT2D eigenvalue weighted by atomic mass is 16.5. The Labute approximate surface area is 223 Å². The van der Waals surface area contributed by atoms with Gasteiger partial charge in [0.2, 0.25) is 5.69 Å². The second kappa shape index (κ2) is 9.32. The van der Waals surface area contributed by atoms with Gasteiger partial charge < -0.3 is 14.6 Å². The van der Waals surface area contributed by atoms with Crippen molar-refractivity contribution in [1.82, 2.24) is 0 Å². The number of fused-ring (bicyclic) bond motifs is 5. The van der Waals surface area contributed by atoms with Crippen molar-refractivity contribution in [2.45, 2.75) is 44.9 Å². The first-order valence-corrected chi connectivity index (χ1v) is 13.2. The van der Waals surface area contributed by atoms with E-state index in [1.165, 1.54) is 27.5 Å². The van der Waals surface area contributed by atoms with E-state index in [0.29, 0.717) is 6.54 Å². The number of aliphatic carboxylic acids is 1. The number of ether oxygens (including phenoxy) is 2. The number of carboxylic acids is 1. The maximum absolute atomic E-state index is 11.6. The van der Waals surface area contributed by atoms with Gasteiger partial charge in [-0.05, 0) is 85.4 Å². The number of hydrogen-bond acceptors (Lipinski definition) is 3. The van der Waals surface area contributed by atoms with Crippen LogP contribution in [0.5, 0.6) is 11.5 Å². The Hall–Kier alpha value is -4.12. The Morgan fingerprint density at radius 2 is 1.95 bits per heavy atom. The first-order chi connectivity index (χ1) is 18.4. The number of carbonyl (C=O) groups is 1. The van der Waals surface area contributed by atoms with Crippen LogP contribution < -0.4 is 9.47 Å². The average Bonchev–Trinajstić information content (AvgIpc) is 3.14. The van der Waals surface area contributed by atoms with Gasteiger partial charge in [0.25, 0.3) is 0 Å². The molecule has 3 aliphatic rings. The van der Waals surface area contributed by atoms with Crippen LogP contribution in [0.25, 0.3) is 16.8 Å². The minimum absolute atomic E-state index is 0.0717. The number of allylic oxidation sites excluding steroid dienone is 4. The number of methoxy groups -OCH3 is 1. The Bertz CT molecular complexity index is 1600. The van der Waals surface area contributed by atoms with Gasteiger partial charge in [0.15, 0.2) is 12.3 Å². The molecule has 2 heterocycles. The van der Waals surface area contributed by atoms with E-state index in [2.05, 4.69) is 73.0 Å². The average molecular weight is 507 g/mol. The molecule has 2 aliphatic heterocycles. The van der Waals surface area contributed by atoms with Crippen molar-refractivity contribution in [3.05, 3.63) is 94.8 Å². The largest absolute Gasteiger partial charge is 0.497 e. The third kappa shape index (κ3) is 4.03. The first-order valence-electron chi connectivity index (χ1n) is 13.2. The quantitative estimate of drug-likeness (QED) is 0.360. The summed E-state index contributed by atoms with van der Waals surface area (Å²) in [6.07, 6.45) is 9.66. The summed E-state index contributed by atoms with van der Waals surface area (Å²) < 4.78 is 14.1. The number of rotatable bonds is 6. The molecule has 38 heavy (non-hydrogen) atoms. The lowest BCUT2D eigenvalue weighted by Gasteiger charge is -2.26. The molecule has 0 saturated heterocycles. The number of carboxylic acid groups (broad SMARTS) is 1. The molecule has 3 aromatic carbocycles. The van der Waals surface area contributed by atoms with Gasteiger partial charge in [-0.1, -0.05) is 24.3 Å². The van der Waals surface area contributed by atoms with E-state index in [9.17, 15) is 9.90 Å². The summed E-state index contributed by atoms with van der Waals surface area (Å²) >= 11 is 0. The minimum Gasteiger partial charge on any atom is -0.497 e. The van der Waals surface area contributed by atoms with E-state index >= 15 is 0 Å². The highest BCUT2D eigenvalue weighted by molar-refractivity contribution is 6.07. The van der Waals surface area contributed by atoms with E-state index in [4.69, 9.17) is 9.47 Å². The standard InChI is InChI=1S/C33H31NO4/c1-33(2)29(34(18-17-30(35)36)27-15-12-21-7-4-5-10-26(21)31(27)33)16-13-22-8-6-9-24-19-23-11-14-25(37-3)20-28(23)38-32(22)24/h4-5,7,10-16,19-20H,6,8-9,17-18H2,1-3H3/p+1/b16-13+. The monoisotopic (exact) mass is 506 g/mol. The molecule has 3 aromatic rings. The summed E-state index contributed by atoms with van der Waals surface area (Å²) in [6.45, 7) is 4.90. The lowest BCUT2D eigenvalue weighted by Crippen LogP contribution is -2.28. The Kier molecular flexibility index (Phi) is 5.94. The lowest BCUT2D eigenvalue weighted by atomic mass is 9.78. The van der Waals surface area contributed by atoms with Crippen molar-refractivity contribution in [1.29, 1.82) is 0 Å². The van der Waals surface area contributed by atoms with E-state index in [0.717, 1.165) is 53.5 Å². The summed E-state index contributed by atoms with van der Waals surface area (Å²) in [5, 5.41) is 11.9. The van der Waals surface area contributed by atoms with Gasteiger partial charge in [0.05, 0.1) is 12.5 Å². The van der Waals surface area contributed by atoms with Gasteiger partial charge in [-0.15, -0.1) is 0 Å². The second-order valence-electron chi connectivity index (χ2n) is 10.7. The van der Waals surface area contributed by atoms with Gasteiger partial charge in [0.1, 0.15) is 23.7 Å². The van der Waals surface area contributed by atoms with Crippen molar-refractivity contribution in [2.24, 2.45) is 0 Å². The van der Waals surface area contributed by atoms with Crippen LogP contribution in [-0.4, -0.2) is 35.0 Å². The molecule has 6 rings (SSSR count). The predicted octanol–water partition coefficient (Wildman–Crippen LogP) is 7.17. The zero-order chi connectivity index (χ0) is 26.4. The molecule has 0 atom stereocenters. The molecule has 5 nitrogen and oxygen atoms in total. The van der Waals surface area contributed by atoms with Gasteiger partial charge in [-0.2, -0.15) is 4.58 Å². The molecular weight excluding hydrogens is 474 g/mol. The van der Waals surface area contributed by atoms with Crippen molar-refractivity contribution >= 4 is 34.2 Å². The fourth-order valence-electron chi connectivity index (χ4n) is 6.14. The summed E-state index contributed by atoms with van der Waals surface area (Å²) in [5.74, 6) is 1.73. The van der Waals surface area contributed by atoms with Gasteiger partial charge in [0, 0.05) is 29.3 Å². The van der Waals surface area contributed by atoms with Crippen molar-refractivity contribution in [3.63, 3.8) is 0 Å². The molecule has 0 saturated carbocycles. The van der Waals surface area contributed by atoms with E-state index < -0.39 is 5.97 Å². The van der Waals surface area contributed by atoms with Crippen molar-refractivity contribution in [2.75, 3.05) is 13.7 Å². The topological polar surface area (TPSA) is 58.8 Å². The molecule has 1 N–H and O–H groups in total. The second-order valence-corrected chi connectivity index (χ2v) is 10.7. The fraction of sp³-hybridized carbons (Fsp3) is 0.273. The third-order valence-electron chi connectivity index (χ3n) is 7.98. The zero-order valence-corrected chi connectivity index (χ0v) is 22.1. The number of benzene rings is 3.